The number of sulfonamides is 1. The molecule has 2 amide bonds. The third-order valence-electron chi connectivity index (χ3n) is 6.20. The third-order valence-corrected chi connectivity index (χ3v) is 7.40. The van der Waals surface area contributed by atoms with Gasteiger partial charge >= 0.3 is 0 Å². The Labute approximate surface area is 223 Å². The van der Waals surface area contributed by atoms with E-state index in [0.29, 0.717) is 44.0 Å². The van der Waals surface area contributed by atoms with Gasteiger partial charge in [-0.2, -0.15) is 0 Å². The van der Waals surface area contributed by atoms with Crippen LogP contribution in [0, 0.1) is 19.8 Å². The molecule has 0 aromatic heterocycles. The van der Waals surface area contributed by atoms with Gasteiger partial charge in [-0.1, -0.05) is 57.2 Å². The zero-order valence-corrected chi connectivity index (χ0v) is 24.0. The van der Waals surface area contributed by atoms with Crippen LogP contribution in [0.4, 0.5) is 5.69 Å². The number of hydrogen-bond acceptors (Lipinski definition) is 4. The van der Waals surface area contributed by atoms with Gasteiger partial charge in [-0.15, -0.1) is 0 Å². The lowest BCUT2D eigenvalue weighted by atomic mass is 10.1. The van der Waals surface area contributed by atoms with Crippen molar-refractivity contribution in [3.8, 4) is 0 Å². The first-order valence-corrected chi connectivity index (χ1v) is 14.9. The second kappa shape index (κ2) is 14.2. The molecule has 0 spiro atoms. The van der Waals surface area contributed by atoms with Gasteiger partial charge in [0.05, 0.1) is 11.9 Å². The van der Waals surface area contributed by atoms with Crippen molar-refractivity contribution in [2.24, 2.45) is 5.92 Å². The smallest absolute Gasteiger partial charge is 0.242 e. The highest BCUT2D eigenvalue weighted by molar-refractivity contribution is 7.92. The molecule has 0 radical (unpaired) electrons. The quantitative estimate of drug-likeness (QED) is 0.391. The Morgan fingerprint density at radius 1 is 0.973 bits per heavy atom. The van der Waals surface area contributed by atoms with E-state index in [0.717, 1.165) is 16.7 Å². The molecule has 8 heteroatoms. The van der Waals surface area contributed by atoms with Crippen LogP contribution in [-0.4, -0.2) is 57.1 Å². The molecule has 0 heterocycles. The summed E-state index contributed by atoms with van der Waals surface area (Å²) in [4.78, 5) is 28.1. The number of hydrogen-bond donors (Lipinski definition) is 1. The molecule has 0 bridgehead atoms. The van der Waals surface area contributed by atoms with Crippen LogP contribution in [-0.2, 0) is 26.0 Å². The van der Waals surface area contributed by atoms with Gasteiger partial charge in [-0.3, -0.25) is 13.9 Å². The number of benzene rings is 2. The first-order valence-electron chi connectivity index (χ1n) is 13.1. The molecule has 0 aliphatic heterocycles. The van der Waals surface area contributed by atoms with E-state index in [2.05, 4.69) is 5.32 Å². The number of carbonyl (C=O) groups excluding carboxylic acids is 2. The average molecular weight is 530 g/mol. The Morgan fingerprint density at radius 2 is 1.59 bits per heavy atom. The van der Waals surface area contributed by atoms with Crippen molar-refractivity contribution in [2.45, 2.75) is 66.3 Å². The van der Waals surface area contributed by atoms with Gasteiger partial charge in [0.15, 0.2) is 0 Å². The zero-order chi connectivity index (χ0) is 27.6. The summed E-state index contributed by atoms with van der Waals surface area (Å²) in [7, 11) is -3.52. The van der Waals surface area contributed by atoms with Crippen molar-refractivity contribution >= 4 is 27.5 Å². The fourth-order valence-corrected chi connectivity index (χ4v) is 5.37. The SMILES string of the molecule is CC[C@H](C(=O)NCC(C)C)N(CCc1ccccc1)C(=O)CCCN(c1cc(C)cc(C)c1)S(C)(=O)=O. The number of aryl methyl sites for hydroxylation is 2. The summed E-state index contributed by atoms with van der Waals surface area (Å²) in [6.07, 6.45) is 2.83. The minimum Gasteiger partial charge on any atom is -0.354 e. The summed E-state index contributed by atoms with van der Waals surface area (Å²) in [6, 6.07) is 15.0. The van der Waals surface area contributed by atoms with Gasteiger partial charge < -0.3 is 10.2 Å². The van der Waals surface area contributed by atoms with Crippen LogP contribution >= 0.6 is 0 Å². The molecule has 2 aromatic carbocycles. The van der Waals surface area contributed by atoms with Crippen LogP contribution in [0.25, 0.3) is 0 Å². The molecule has 204 valence electrons. The lowest BCUT2D eigenvalue weighted by Crippen LogP contribution is -2.50. The molecule has 2 rings (SSSR count). The second-order valence-electron chi connectivity index (χ2n) is 10.2. The van der Waals surface area contributed by atoms with E-state index >= 15 is 0 Å². The summed E-state index contributed by atoms with van der Waals surface area (Å²) in [6.45, 7) is 11.0. The zero-order valence-electron chi connectivity index (χ0n) is 23.2. The van der Waals surface area contributed by atoms with Crippen LogP contribution in [0.5, 0.6) is 0 Å². The predicted octanol–water partition coefficient (Wildman–Crippen LogP) is 4.47. The topological polar surface area (TPSA) is 86.8 Å². The number of anilines is 1. The van der Waals surface area contributed by atoms with Crippen molar-refractivity contribution in [1.82, 2.24) is 10.2 Å². The summed E-state index contributed by atoms with van der Waals surface area (Å²) in [5, 5.41) is 2.97. The first kappa shape index (κ1) is 30.4. The van der Waals surface area contributed by atoms with Crippen molar-refractivity contribution in [3.63, 3.8) is 0 Å². The Bertz CT molecular complexity index is 1110. The molecule has 2 aromatic rings. The van der Waals surface area contributed by atoms with Crippen molar-refractivity contribution in [2.75, 3.05) is 30.2 Å². The third kappa shape index (κ3) is 9.84. The van der Waals surface area contributed by atoms with E-state index in [9.17, 15) is 18.0 Å². The van der Waals surface area contributed by atoms with Gasteiger partial charge in [-0.25, -0.2) is 8.42 Å². The highest BCUT2D eigenvalue weighted by Crippen LogP contribution is 2.22. The maximum absolute atomic E-state index is 13.5. The summed E-state index contributed by atoms with van der Waals surface area (Å²) < 4.78 is 26.5. The fraction of sp³-hybridized carbons (Fsp3) is 0.517. The molecular weight excluding hydrogens is 486 g/mol. The van der Waals surface area contributed by atoms with E-state index < -0.39 is 16.1 Å². The summed E-state index contributed by atoms with van der Waals surface area (Å²) >= 11 is 0. The van der Waals surface area contributed by atoms with Crippen molar-refractivity contribution in [3.05, 3.63) is 65.2 Å². The van der Waals surface area contributed by atoms with Crippen LogP contribution in [0.15, 0.2) is 48.5 Å². The molecule has 1 atom stereocenters. The van der Waals surface area contributed by atoms with Gasteiger partial charge in [-0.05, 0) is 67.9 Å². The number of nitrogens with one attached hydrogen (secondary N) is 1. The Morgan fingerprint density at radius 3 is 2.14 bits per heavy atom. The molecule has 0 saturated heterocycles. The minimum absolute atomic E-state index is 0.142. The van der Waals surface area contributed by atoms with Gasteiger partial charge in [0.1, 0.15) is 6.04 Å². The maximum atomic E-state index is 13.5. The van der Waals surface area contributed by atoms with Gasteiger partial charge in [0.25, 0.3) is 0 Å². The number of amides is 2. The lowest BCUT2D eigenvalue weighted by Gasteiger charge is -2.31. The Kier molecular flexibility index (Phi) is 11.6. The number of nitrogens with zero attached hydrogens (tertiary/aromatic N) is 2. The van der Waals surface area contributed by atoms with E-state index in [1.807, 2.05) is 83.1 Å². The summed E-state index contributed by atoms with van der Waals surface area (Å²) in [5.74, 6) is 0.0177. The molecule has 7 nitrogen and oxygen atoms in total. The molecule has 0 aliphatic carbocycles. The highest BCUT2D eigenvalue weighted by Gasteiger charge is 2.28. The van der Waals surface area contributed by atoms with Crippen molar-refractivity contribution < 1.29 is 18.0 Å². The molecule has 0 saturated carbocycles. The first-order chi connectivity index (χ1) is 17.4. The van der Waals surface area contributed by atoms with Gasteiger partial charge in [0, 0.05) is 26.1 Å². The van der Waals surface area contributed by atoms with Crippen LogP contribution in [0.1, 0.15) is 56.7 Å². The van der Waals surface area contributed by atoms with Gasteiger partial charge in [0.2, 0.25) is 21.8 Å². The van der Waals surface area contributed by atoms with Crippen molar-refractivity contribution in [1.29, 1.82) is 0 Å². The van der Waals surface area contributed by atoms with E-state index in [1.54, 1.807) is 4.90 Å². The van der Waals surface area contributed by atoms with Crippen LogP contribution in [0.2, 0.25) is 0 Å². The number of carbonyl (C=O) groups is 2. The normalized spacial score (nSPS) is 12.3. The summed E-state index contributed by atoms with van der Waals surface area (Å²) in [5.41, 5.74) is 3.65. The maximum Gasteiger partial charge on any atom is 0.242 e. The fourth-order valence-electron chi connectivity index (χ4n) is 4.42. The highest BCUT2D eigenvalue weighted by atomic mass is 32.2. The largest absolute Gasteiger partial charge is 0.354 e. The molecule has 0 unspecified atom stereocenters. The standard InChI is InChI=1S/C29H43N3O4S/c1-7-27(29(34)30-21-22(2)3)31(17-15-25-12-9-8-10-13-25)28(33)14-11-16-32(37(6,35)36)26-19-23(4)18-24(5)20-26/h8-10,12-13,18-20,22,27H,7,11,14-17,21H2,1-6H3,(H,30,34)/t27-/m1/s1. The lowest BCUT2D eigenvalue weighted by molar-refractivity contribution is -0.140. The monoisotopic (exact) mass is 529 g/mol. The number of rotatable bonds is 14. The predicted molar refractivity (Wildman–Crippen MR) is 151 cm³/mol. The minimum atomic E-state index is -3.52. The Hall–Kier alpha value is -2.87. The van der Waals surface area contributed by atoms with E-state index in [1.165, 1.54) is 10.6 Å². The van der Waals surface area contributed by atoms with E-state index in [4.69, 9.17) is 0 Å². The van der Waals surface area contributed by atoms with Crippen LogP contribution < -0.4 is 9.62 Å². The molecule has 0 fully saturated rings. The average Bonchev–Trinajstić information content (AvgIpc) is 2.82. The van der Waals surface area contributed by atoms with Crippen LogP contribution in [0.3, 0.4) is 0 Å². The second-order valence-corrected chi connectivity index (χ2v) is 12.1. The molecular formula is C29H43N3O4S. The molecule has 0 aliphatic rings. The molecule has 1 N–H and O–H groups in total. The van der Waals surface area contributed by atoms with E-state index in [-0.39, 0.29) is 24.8 Å². The Balaban J connectivity index is 2.17. The molecule has 37 heavy (non-hydrogen) atoms.